The van der Waals surface area contributed by atoms with Crippen LogP contribution in [-0.2, 0) is 20.9 Å². The number of Topliss-reactive ketones (excluding diaryl/α,β-unsaturated/α-hetero) is 1. The number of carboxylic acids is 2. The minimum absolute atomic E-state index is 0.0449. The molecule has 0 heterocycles. The second kappa shape index (κ2) is 12.6. The predicted octanol–water partition coefficient (Wildman–Crippen LogP) is 0.247. The Bertz CT molecular complexity index is 1170. The van der Waals surface area contributed by atoms with Gasteiger partial charge in [-0.15, -0.1) is 0 Å². The number of rotatable bonds is 12. The monoisotopic (exact) mass is 520 g/mol. The molecule has 13 heteroatoms. The number of phenols is 1. The highest BCUT2D eigenvalue weighted by atomic mass is 35.5. The molecule has 0 spiro atoms. The van der Waals surface area contributed by atoms with Gasteiger partial charge in [0.05, 0.1) is 22.7 Å². The molecule has 1 unspecified atom stereocenters. The maximum absolute atomic E-state index is 12.7. The van der Waals surface area contributed by atoms with E-state index in [2.05, 4.69) is 10.6 Å². The number of amides is 2. The number of carboxylic acid groups (broad SMARTS) is 2. The molecule has 2 aromatic rings. The SMILES string of the molecule is NC(C(=O)[C@@H](N)CCC(=O)O)[C@H](NC(=O)c1ccc(C(=O)NCc2cccc(O)c2)cc1Cl)C(=O)O. The fourth-order valence-corrected chi connectivity index (χ4v) is 3.41. The lowest BCUT2D eigenvalue weighted by Gasteiger charge is -2.23. The molecule has 0 aliphatic carbocycles. The fraction of sp³-hybridized carbons (Fsp3) is 0.261. The molecule has 9 N–H and O–H groups in total. The topological polar surface area (TPSA) is 222 Å². The van der Waals surface area contributed by atoms with Crippen LogP contribution in [0.1, 0.15) is 39.1 Å². The Labute approximate surface area is 210 Å². The van der Waals surface area contributed by atoms with Crippen LogP contribution in [0.2, 0.25) is 5.02 Å². The number of phenolic OH excluding ortho intramolecular Hbond substituents is 1. The van der Waals surface area contributed by atoms with Crippen molar-refractivity contribution < 1.29 is 39.3 Å². The van der Waals surface area contributed by atoms with Crippen molar-refractivity contribution in [2.45, 2.75) is 37.5 Å². The predicted molar refractivity (Wildman–Crippen MR) is 127 cm³/mol. The number of benzene rings is 2. The van der Waals surface area contributed by atoms with E-state index in [1.807, 2.05) is 0 Å². The summed E-state index contributed by atoms with van der Waals surface area (Å²) in [7, 11) is 0. The summed E-state index contributed by atoms with van der Waals surface area (Å²) < 4.78 is 0. The van der Waals surface area contributed by atoms with Gasteiger partial charge in [0.25, 0.3) is 11.8 Å². The Balaban J connectivity index is 2.08. The molecule has 2 aromatic carbocycles. The average Bonchev–Trinajstić information content (AvgIpc) is 2.82. The van der Waals surface area contributed by atoms with Crippen molar-refractivity contribution in [2.24, 2.45) is 11.5 Å². The second-order valence-corrected chi connectivity index (χ2v) is 8.21. The van der Waals surface area contributed by atoms with Crippen LogP contribution in [0.25, 0.3) is 0 Å². The zero-order valence-electron chi connectivity index (χ0n) is 18.8. The molecule has 3 atom stereocenters. The molecule has 0 saturated carbocycles. The van der Waals surface area contributed by atoms with Gasteiger partial charge in [0.15, 0.2) is 5.78 Å². The maximum Gasteiger partial charge on any atom is 0.328 e. The van der Waals surface area contributed by atoms with E-state index in [-0.39, 0.29) is 34.9 Å². The second-order valence-electron chi connectivity index (χ2n) is 7.80. The van der Waals surface area contributed by atoms with Crippen LogP contribution in [0, 0.1) is 0 Å². The first-order valence-corrected chi connectivity index (χ1v) is 10.9. The van der Waals surface area contributed by atoms with Gasteiger partial charge in [0.1, 0.15) is 11.8 Å². The van der Waals surface area contributed by atoms with Crippen LogP contribution in [0.3, 0.4) is 0 Å². The first-order valence-electron chi connectivity index (χ1n) is 10.6. The van der Waals surface area contributed by atoms with E-state index in [1.54, 1.807) is 12.1 Å². The summed E-state index contributed by atoms with van der Waals surface area (Å²) in [5.74, 6) is -5.19. The van der Waals surface area contributed by atoms with E-state index in [0.717, 1.165) is 0 Å². The Morgan fingerprint density at radius 2 is 1.67 bits per heavy atom. The van der Waals surface area contributed by atoms with Crippen molar-refractivity contribution in [3.05, 3.63) is 64.2 Å². The summed E-state index contributed by atoms with van der Waals surface area (Å²) in [6.07, 6.45) is -0.685. The van der Waals surface area contributed by atoms with E-state index < -0.39 is 54.1 Å². The minimum Gasteiger partial charge on any atom is -0.508 e. The first-order chi connectivity index (χ1) is 16.9. The number of carbonyl (C=O) groups is 5. The Kier molecular flexibility index (Phi) is 9.91. The summed E-state index contributed by atoms with van der Waals surface area (Å²) in [4.78, 5) is 59.7. The van der Waals surface area contributed by atoms with Crippen LogP contribution in [0.5, 0.6) is 5.75 Å². The zero-order chi connectivity index (χ0) is 27.0. The van der Waals surface area contributed by atoms with Gasteiger partial charge < -0.3 is 37.4 Å². The fourth-order valence-electron chi connectivity index (χ4n) is 3.15. The summed E-state index contributed by atoms with van der Waals surface area (Å²) in [6.45, 7) is 0.119. The molecule has 0 aliphatic rings. The van der Waals surface area contributed by atoms with Crippen molar-refractivity contribution in [1.82, 2.24) is 10.6 Å². The largest absolute Gasteiger partial charge is 0.508 e. The van der Waals surface area contributed by atoms with Gasteiger partial charge in [0.2, 0.25) is 0 Å². The van der Waals surface area contributed by atoms with Gasteiger partial charge >= 0.3 is 11.9 Å². The molecule has 0 aromatic heterocycles. The molecular weight excluding hydrogens is 496 g/mol. The Morgan fingerprint density at radius 3 is 2.25 bits per heavy atom. The minimum atomic E-state index is -1.87. The number of hydrogen-bond acceptors (Lipinski definition) is 8. The normalized spacial score (nSPS) is 13.2. The van der Waals surface area contributed by atoms with Crippen LogP contribution < -0.4 is 22.1 Å². The van der Waals surface area contributed by atoms with Gasteiger partial charge in [-0.3, -0.25) is 19.2 Å². The highest BCUT2D eigenvalue weighted by molar-refractivity contribution is 6.34. The van der Waals surface area contributed by atoms with Crippen molar-refractivity contribution in [2.75, 3.05) is 0 Å². The van der Waals surface area contributed by atoms with E-state index in [0.29, 0.717) is 5.56 Å². The van der Waals surface area contributed by atoms with Crippen molar-refractivity contribution in [1.29, 1.82) is 0 Å². The summed E-state index contributed by atoms with van der Waals surface area (Å²) >= 11 is 6.14. The van der Waals surface area contributed by atoms with Gasteiger partial charge in [-0.2, -0.15) is 0 Å². The molecule has 2 rings (SSSR count). The van der Waals surface area contributed by atoms with E-state index in [9.17, 15) is 34.2 Å². The number of aromatic hydroxyl groups is 1. The van der Waals surface area contributed by atoms with Crippen LogP contribution in [-0.4, -0.2) is 63.0 Å². The number of carbonyl (C=O) groups excluding carboxylic acids is 3. The third-order valence-corrected chi connectivity index (χ3v) is 5.43. The van der Waals surface area contributed by atoms with Gasteiger partial charge in [-0.25, -0.2) is 4.79 Å². The van der Waals surface area contributed by atoms with Gasteiger partial charge in [-0.05, 0) is 42.3 Å². The quantitative estimate of drug-likeness (QED) is 0.202. The molecule has 2 amide bonds. The highest BCUT2D eigenvalue weighted by Gasteiger charge is 2.35. The van der Waals surface area contributed by atoms with Crippen molar-refractivity contribution in [3.8, 4) is 5.75 Å². The smallest absolute Gasteiger partial charge is 0.328 e. The van der Waals surface area contributed by atoms with Crippen LogP contribution in [0.15, 0.2) is 42.5 Å². The molecule has 0 fully saturated rings. The van der Waals surface area contributed by atoms with E-state index in [4.69, 9.17) is 28.2 Å². The van der Waals surface area contributed by atoms with Gasteiger partial charge in [0, 0.05) is 18.5 Å². The third kappa shape index (κ3) is 7.77. The maximum atomic E-state index is 12.7. The number of aliphatic carboxylic acids is 2. The average molecular weight is 521 g/mol. The first kappa shape index (κ1) is 28.2. The van der Waals surface area contributed by atoms with Crippen molar-refractivity contribution >= 4 is 41.1 Å². The molecule has 0 aliphatic heterocycles. The molecule has 0 bridgehead atoms. The number of ketones is 1. The molecule has 192 valence electrons. The summed E-state index contributed by atoms with van der Waals surface area (Å²) in [5, 5.41) is 32.2. The number of halogens is 1. The summed E-state index contributed by atoms with van der Waals surface area (Å²) in [6, 6.07) is 5.02. The lowest BCUT2D eigenvalue weighted by molar-refractivity contribution is -0.142. The highest BCUT2D eigenvalue weighted by Crippen LogP contribution is 2.19. The van der Waals surface area contributed by atoms with Crippen LogP contribution >= 0.6 is 11.6 Å². The van der Waals surface area contributed by atoms with E-state index >= 15 is 0 Å². The molecule has 0 radical (unpaired) electrons. The third-order valence-electron chi connectivity index (χ3n) is 5.11. The molecule has 0 saturated heterocycles. The number of nitrogens with two attached hydrogens (primary N) is 2. The summed E-state index contributed by atoms with van der Waals surface area (Å²) in [5.41, 5.74) is 11.9. The Hall–Kier alpha value is -4.00. The van der Waals surface area contributed by atoms with Gasteiger partial charge in [-0.1, -0.05) is 23.7 Å². The lowest BCUT2D eigenvalue weighted by atomic mass is 9.96. The van der Waals surface area contributed by atoms with Crippen LogP contribution in [0.4, 0.5) is 0 Å². The van der Waals surface area contributed by atoms with Crippen molar-refractivity contribution in [3.63, 3.8) is 0 Å². The molecule has 36 heavy (non-hydrogen) atoms. The lowest BCUT2D eigenvalue weighted by Crippen LogP contribution is -2.59. The number of hydrogen-bond donors (Lipinski definition) is 7. The standard InChI is InChI=1S/C23H25ClN4O8/c24-15-9-12(21(33)27-10-11-2-1-3-13(29)8-11)4-5-14(15)22(34)28-19(23(35)36)18(26)20(32)16(25)6-7-17(30)31/h1-5,8-9,16,18-19,29H,6-7,10,25-26H2,(H,27,33)(H,28,34)(H,30,31)(H,35,36)/t16-,18?,19-/m0/s1. The van der Waals surface area contributed by atoms with E-state index in [1.165, 1.54) is 30.3 Å². The molecular formula is C23H25ClN4O8. The Morgan fingerprint density at radius 1 is 0.972 bits per heavy atom. The number of nitrogens with one attached hydrogen (secondary N) is 2. The zero-order valence-corrected chi connectivity index (χ0v) is 19.6. The molecule has 12 nitrogen and oxygen atoms in total.